The molecule has 110 valence electrons. The Morgan fingerprint density at radius 1 is 1.14 bits per heavy atom. The number of ether oxygens (including phenoxy) is 1. The first-order chi connectivity index (χ1) is 10.7. The molecule has 0 spiro atoms. The van der Waals surface area contributed by atoms with Gasteiger partial charge in [0.2, 0.25) is 5.88 Å². The van der Waals surface area contributed by atoms with E-state index in [4.69, 9.17) is 4.74 Å². The van der Waals surface area contributed by atoms with E-state index >= 15 is 0 Å². The van der Waals surface area contributed by atoms with Crippen LogP contribution in [0.5, 0.6) is 5.88 Å². The lowest BCUT2D eigenvalue weighted by molar-refractivity contribution is 0.195. The van der Waals surface area contributed by atoms with Crippen molar-refractivity contribution in [2.75, 3.05) is 0 Å². The van der Waals surface area contributed by atoms with Gasteiger partial charge in [-0.25, -0.2) is 9.78 Å². The predicted octanol–water partition coefficient (Wildman–Crippen LogP) is 3.48. The van der Waals surface area contributed by atoms with Gasteiger partial charge in [0.1, 0.15) is 0 Å². The molecule has 3 rings (SSSR count). The summed E-state index contributed by atoms with van der Waals surface area (Å²) in [4.78, 5) is 20.2. The highest BCUT2D eigenvalue weighted by molar-refractivity contribution is 5.78. The zero-order valence-electron chi connectivity index (χ0n) is 12.1. The Kier molecular flexibility index (Phi) is 3.96. The molecule has 1 aromatic carbocycles. The highest BCUT2D eigenvalue weighted by Crippen LogP contribution is 2.16. The van der Waals surface area contributed by atoms with Crippen LogP contribution in [0, 0.1) is 0 Å². The molecule has 0 radical (unpaired) electrons. The highest BCUT2D eigenvalue weighted by atomic mass is 16.6. The van der Waals surface area contributed by atoms with Crippen molar-refractivity contribution in [3.8, 4) is 5.88 Å². The van der Waals surface area contributed by atoms with E-state index in [1.165, 1.54) is 0 Å². The van der Waals surface area contributed by atoms with Crippen molar-refractivity contribution in [2.24, 2.45) is 0 Å². The Balaban J connectivity index is 1.68. The van der Waals surface area contributed by atoms with Gasteiger partial charge in [-0.3, -0.25) is 4.98 Å². The molecule has 0 bridgehead atoms. The Labute approximate surface area is 128 Å². The van der Waals surface area contributed by atoms with E-state index in [-0.39, 0.29) is 11.9 Å². The molecule has 5 nitrogen and oxygen atoms in total. The molecular formula is C17H15N3O2. The predicted molar refractivity (Wildman–Crippen MR) is 83.6 cm³/mol. The largest absolute Gasteiger partial charge is 0.414 e. The number of rotatable bonds is 3. The zero-order valence-corrected chi connectivity index (χ0v) is 12.1. The summed E-state index contributed by atoms with van der Waals surface area (Å²) in [6.07, 6.45) is 2.83. The first kappa shape index (κ1) is 14.0. The molecule has 0 aliphatic carbocycles. The van der Waals surface area contributed by atoms with Crippen molar-refractivity contribution in [1.82, 2.24) is 15.3 Å². The number of pyridine rings is 2. The maximum absolute atomic E-state index is 11.9. The van der Waals surface area contributed by atoms with Crippen LogP contribution in [-0.4, -0.2) is 16.1 Å². The van der Waals surface area contributed by atoms with Gasteiger partial charge in [-0.1, -0.05) is 30.3 Å². The van der Waals surface area contributed by atoms with E-state index in [1.807, 2.05) is 43.3 Å². The van der Waals surface area contributed by atoms with E-state index in [0.717, 1.165) is 16.5 Å². The first-order valence-corrected chi connectivity index (χ1v) is 6.96. The van der Waals surface area contributed by atoms with Gasteiger partial charge in [-0.05, 0) is 24.6 Å². The average molecular weight is 293 g/mol. The van der Waals surface area contributed by atoms with Crippen LogP contribution in [0.4, 0.5) is 4.79 Å². The van der Waals surface area contributed by atoms with Crippen LogP contribution in [-0.2, 0) is 0 Å². The summed E-state index contributed by atoms with van der Waals surface area (Å²) in [7, 11) is 0. The fourth-order valence-electron chi connectivity index (χ4n) is 2.13. The number of fused-ring (bicyclic) bond motifs is 1. The van der Waals surface area contributed by atoms with Crippen LogP contribution >= 0.6 is 0 Å². The Hall–Kier alpha value is -2.95. The number of carbonyl (C=O) groups excluding carboxylic acids is 1. The van der Waals surface area contributed by atoms with Gasteiger partial charge in [0.05, 0.1) is 11.6 Å². The number of benzene rings is 1. The summed E-state index contributed by atoms with van der Waals surface area (Å²) < 4.78 is 5.23. The van der Waals surface area contributed by atoms with E-state index in [2.05, 4.69) is 15.3 Å². The van der Waals surface area contributed by atoms with Gasteiger partial charge in [-0.15, -0.1) is 0 Å². The van der Waals surface area contributed by atoms with Gasteiger partial charge in [0.15, 0.2) is 0 Å². The Morgan fingerprint density at radius 3 is 2.77 bits per heavy atom. The van der Waals surface area contributed by atoms with Gasteiger partial charge in [0, 0.05) is 23.8 Å². The van der Waals surface area contributed by atoms with E-state index < -0.39 is 6.09 Å². The van der Waals surface area contributed by atoms with Crippen LogP contribution in [0.25, 0.3) is 10.9 Å². The van der Waals surface area contributed by atoms with Gasteiger partial charge >= 0.3 is 6.09 Å². The molecule has 0 fully saturated rings. The van der Waals surface area contributed by atoms with E-state index in [9.17, 15) is 4.79 Å². The lowest BCUT2D eigenvalue weighted by Crippen LogP contribution is -2.29. The summed E-state index contributed by atoms with van der Waals surface area (Å²) in [5.41, 5.74) is 1.74. The number of hydrogen-bond donors (Lipinski definition) is 1. The summed E-state index contributed by atoms with van der Waals surface area (Å²) in [5, 5.41) is 3.68. The second-order valence-electron chi connectivity index (χ2n) is 4.88. The van der Waals surface area contributed by atoms with E-state index in [0.29, 0.717) is 0 Å². The molecule has 1 N–H and O–H groups in total. The van der Waals surface area contributed by atoms with Crippen molar-refractivity contribution in [3.63, 3.8) is 0 Å². The number of aromatic nitrogens is 2. The number of nitrogens with zero attached hydrogens (tertiary/aromatic N) is 2. The Bertz CT molecular complexity index is 790. The number of amides is 1. The van der Waals surface area contributed by atoms with Crippen molar-refractivity contribution < 1.29 is 9.53 Å². The van der Waals surface area contributed by atoms with Crippen molar-refractivity contribution in [2.45, 2.75) is 13.0 Å². The monoisotopic (exact) mass is 293 g/mol. The highest BCUT2D eigenvalue weighted by Gasteiger charge is 2.11. The number of nitrogens with one attached hydrogen (secondary N) is 1. The molecule has 22 heavy (non-hydrogen) atoms. The molecule has 0 saturated carbocycles. The van der Waals surface area contributed by atoms with Crippen LogP contribution < -0.4 is 10.1 Å². The lowest BCUT2D eigenvalue weighted by Gasteiger charge is -2.13. The Morgan fingerprint density at radius 2 is 1.95 bits per heavy atom. The zero-order chi connectivity index (χ0) is 15.4. The van der Waals surface area contributed by atoms with Gasteiger partial charge < -0.3 is 10.1 Å². The topological polar surface area (TPSA) is 64.1 Å². The number of carbonyl (C=O) groups is 1. The molecule has 1 unspecified atom stereocenters. The molecule has 1 atom stereocenters. The van der Waals surface area contributed by atoms with Crippen LogP contribution in [0.1, 0.15) is 18.5 Å². The standard InChI is InChI=1S/C17H15N3O2/c1-12(13-5-3-2-4-6-13)19-17(21)22-16-8-7-14-11-18-10-9-15(14)20-16/h2-12H,1H3,(H,19,21). The van der Waals surface area contributed by atoms with Crippen LogP contribution in [0.2, 0.25) is 0 Å². The van der Waals surface area contributed by atoms with Gasteiger partial charge in [0.25, 0.3) is 0 Å². The summed E-state index contributed by atoms with van der Waals surface area (Å²) in [6, 6.07) is 14.8. The normalized spacial score (nSPS) is 11.9. The SMILES string of the molecule is CC(NC(=O)Oc1ccc2cnccc2n1)c1ccccc1. The maximum atomic E-state index is 11.9. The third-order valence-corrected chi connectivity index (χ3v) is 3.30. The quantitative estimate of drug-likeness (QED) is 0.803. The minimum absolute atomic E-state index is 0.140. The fourth-order valence-corrected chi connectivity index (χ4v) is 2.13. The minimum atomic E-state index is -0.530. The molecule has 2 aromatic heterocycles. The second kappa shape index (κ2) is 6.22. The third-order valence-electron chi connectivity index (χ3n) is 3.30. The summed E-state index contributed by atoms with van der Waals surface area (Å²) >= 11 is 0. The molecular weight excluding hydrogens is 278 g/mol. The van der Waals surface area contributed by atoms with E-state index in [1.54, 1.807) is 24.5 Å². The van der Waals surface area contributed by atoms with Crippen LogP contribution in [0.3, 0.4) is 0 Å². The summed E-state index contributed by atoms with van der Waals surface area (Å²) in [5.74, 6) is 0.261. The van der Waals surface area contributed by atoms with Crippen LogP contribution in [0.15, 0.2) is 60.9 Å². The smallest absolute Gasteiger partial charge is 0.391 e. The molecule has 3 aromatic rings. The van der Waals surface area contributed by atoms with Crippen molar-refractivity contribution in [3.05, 3.63) is 66.5 Å². The van der Waals surface area contributed by atoms with Crippen molar-refractivity contribution >= 4 is 17.0 Å². The first-order valence-electron chi connectivity index (χ1n) is 6.96. The third kappa shape index (κ3) is 3.20. The molecule has 0 aliphatic rings. The molecule has 0 saturated heterocycles. The minimum Gasteiger partial charge on any atom is -0.391 e. The molecule has 2 heterocycles. The van der Waals surface area contributed by atoms with Gasteiger partial charge in [-0.2, -0.15) is 0 Å². The molecule has 1 amide bonds. The second-order valence-corrected chi connectivity index (χ2v) is 4.88. The fraction of sp³-hybridized carbons (Fsp3) is 0.118. The molecule has 5 heteroatoms. The number of hydrogen-bond acceptors (Lipinski definition) is 4. The molecule has 0 aliphatic heterocycles. The average Bonchev–Trinajstić information content (AvgIpc) is 2.55. The summed E-state index contributed by atoms with van der Waals surface area (Å²) in [6.45, 7) is 1.90. The maximum Gasteiger partial charge on any atom is 0.414 e. The lowest BCUT2D eigenvalue weighted by atomic mass is 10.1. The van der Waals surface area contributed by atoms with Crippen molar-refractivity contribution in [1.29, 1.82) is 0 Å².